The Kier molecular flexibility index (Phi) is 5.88. The maximum absolute atomic E-state index is 9.04. The molecule has 1 N–H and O–H groups in total. The summed E-state index contributed by atoms with van der Waals surface area (Å²) < 4.78 is 10.8. The molecule has 0 radical (unpaired) electrons. The zero-order chi connectivity index (χ0) is 21.1. The molecule has 0 amide bonds. The number of hydrogen-bond donors (Lipinski definition) is 1. The second-order valence-electron chi connectivity index (χ2n) is 6.73. The zero-order valence-electron chi connectivity index (χ0n) is 16.0. The largest absolute Gasteiger partial charge is 0.388 e. The molecule has 2 aromatic heterocycles. The van der Waals surface area contributed by atoms with E-state index in [0.29, 0.717) is 41.1 Å². The minimum absolute atomic E-state index is 0.194. The Morgan fingerprint density at radius 1 is 1.23 bits per heavy atom. The number of aliphatic hydroxyl groups is 1. The van der Waals surface area contributed by atoms with Crippen LogP contribution in [0.25, 0.3) is 11.6 Å². The lowest BCUT2D eigenvalue weighted by molar-refractivity contribution is 0.0602. The Hall–Kier alpha value is -2.70. The number of methoxy groups -OCH3 is 1. The van der Waals surface area contributed by atoms with E-state index in [4.69, 9.17) is 37.6 Å². The van der Waals surface area contributed by atoms with Gasteiger partial charge in [-0.15, -0.1) is 10.2 Å². The summed E-state index contributed by atoms with van der Waals surface area (Å²) in [5.74, 6) is 7.43. The van der Waals surface area contributed by atoms with E-state index in [-0.39, 0.29) is 18.3 Å². The Morgan fingerprint density at radius 3 is 2.67 bits per heavy atom. The summed E-state index contributed by atoms with van der Waals surface area (Å²) in [6.45, 7) is 0.945. The van der Waals surface area contributed by atoms with Crippen molar-refractivity contribution in [2.75, 3.05) is 25.1 Å². The van der Waals surface area contributed by atoms with Crippen LogP contribution in [0.2, 0.25) is 10.0 Å². The lowest BCUT2D eigenvalue weighted by Gasteiger charge is -2.22. The first-order chi connectivity index (χ1) is 14.5. The molecule has 1 unspecified atom stereocenters. The van der Waals surface area contributed by atoms with Gasteiger partial charge in [-0.25, -0.2) is 0 Å². The lowest BCUT2D eigenvalue weighted by Crippen LogP contribution is -2.34. The quantitative estimate of drug-likeness (QED) is 0.611. The molecule has 1 saturated heterocycles. The van der Waals surface area contributed by atoms with E-state index in [2.05, 4.69) is 32.2 Å². The van der Waals surface area contributed by atoms with Gasteiger partial charge in [0.2, 0.25) is 0 Å². The van der Waals surface area contributed by atoms with Crippen molar-refractivity contribution in [3.05, 3.63) is 51.8 Å². The average molecular weight is 446 g/mol. The summed E-state index contributed by atoms with van der Waals surface area (Å²) in [5, 5.41) is 22.2. The molecular formula is C20H17Cl2N5O3. The van der Waals surface area contributed by atoms with Crippen LogP contribution in [0.3, 0.4) is 0 Å². The molecule has 0 aliphatic carbocycles. The van der Waals surface area contributed by atoms with Crippen molar-refractivity contribution in [3.63, 3.8) is 0 Å². The summed E-state index contributed by atoms with van der Waals surface area (Å²) in [4.78, 5) is 6.08. The van der Waals surface area contributed by atoms with E-state index in [0.717, 1.165) is 5.56 Å². The van der Waals surface area contributed by atoms with Crippen molar-refractivity contribution < 1.29 is 14.4 Å². The van der Waals surface area contributed by atoms with Crippen LogP contribution in [0.15, 0.2) is 34.9 Å². The SMILES string of the molecule is COC1(C#Cc2cc(Cl)cc(Cl)c2)CCN(c2ccc(-c3nc(CO)no3)nn2)C1. The first-order valence-electron chi connectivity index (χ1n) is 9.07. The smallest absolute Gasteiger partial charge is 0.278 e. The van der Waals surface area contributed by atoms with E-state index >= 15 is 0 Å². The fourth-order valence-electron chi connectivity index (χ4n) is 3.14. The summed E-state index contributed by atoms with van der Waals surface area (Å²) in [6, 6.07) is 8.75. The highest BCUT2D eigenvalue weighted by atomic mass is 35.5. The van der Waals surface area contributed by atoms with Gasteiger partial charge in [-0.3, -0.25) is 0 Å². The highest BCUT2D eigenvalue weighted by molar-refractivity contribution is 6.34. The number of nitrogens with zero attached hydrogens (tertiary/aromatic N) is 5. The monoisotopic (exact) mass is 445 g/mol. The number of anilines is 1. The molecule has 1 aliphatic rings. The highest BCUT2D eigenvalue weighted by Crippen LogP contribution is 2.28. The average Bonchev–Trinajstić information content (AvgIpc) is 3.40. The van der Waals surface area contributed by atoms with Crippen LogP contribution >= 0.6 is 23.2 Å². The van der Waals surface area contributed by atoms with Crippen molar-refractivity contribution in [3.8, 4) is 23.4 Å². The topological polar surface area (TPSA) is 97.4 Å². The first kappa shape index (κ1) is 20.6. The standard InChI is InChI=1S/C20H17Cl2N5O3/c1-29-20(5-4-13-8-14(21)10-15(22)9-13)6-7-27(12-20)18-3-2-16(24-25-18)19-23-17(11-28)26-30-19/h2-3,8-10,28H,6-7,11-12H2,1H3. The molecule has 30 heavy (non-hydrogen) atoms. The Bertz CT molecular complexity index is 1090. The number of aliphatic hydroxyl groups excluding tert-OH is 1. The molecule has 8 nitrogen and oxygen atoms in total. The van der Waals surface area contributed by atoms with Crippen LogP contribution in [0.5, 0.6) is 0 Å². The number of ether oxygens (including phenoxy) is 1. The van der Waals surface area contributed by atoms with Crippen LogP contribution in [0.1, 0.15) is 17.8 Å². The van der Waals surface area contributed by atoms with Gasteiger partial charge >= 0.3 is 0 Å². The minimum atomic E-state index is -0.641. The molecule has 0 bridgehead atoms. The Balaban J connectivity index is 1.50. The third-order valence-electron chi connectivity index (χ3n) is 4.72. The van der Waals surface area contributed by atoms with Gasteiger partial charge < -0.3 is 19.3 Å². The van der Waals surface area contributed by atoms with Gasteiger partial charge in [-0.1, -0.05) is 40.2 Å². The van der Waals surface area contributed by atoms with Crippen molar-refractivity contribution >= 4 is 29.0 Å². The van der Waals surface area contributed by atoms with Gasteiger partial charge in [0, 0.05) is 35.7 Å². The van der Waals surface area contributed by atoms with Crippen LogP contribution in [-0.4, -0.2) is 51.2 Å². The van der Waals surface area contributed by atoms with Gasteiger partial charge in [0.25, 0.3) is 5.89 Å². The summed E-state index contributed by atoms with van der Waals surface area (Å²) >= 11 is 12.1. The molecule has 1 aliphatic heterocycles. The Morgan fingerprint density at radius 2 is 2.03 bits per heavy atom. The van der Waals surface area contributed by atoms with Crippen molar-refractivity contribution in [1.82, 2.24) is 20.3 Å². The van der Waals surface area contributed by atoms with E-state index in [9.17, 15) is 0 Å². The molecule has 10 heteroatoms. The number of halogens is 2. The third-order valence-corrected chi connectivity index (χ3v) is 5.16. The molecule has 0 saturated carbocycles. The molecule has 154 valence electrons. The van der Waals surface area contributed by atoms with Crippen molar-refractivity contribution in [2.45, 2.75) is 18.6 Å². The van der Waals surface area contributed by atoms with E-state index in [1.54, 1.807) is 31.4 Å². The van der Waals surface area contributed by atoms with E-state index in [1.165, 1.54) is 0 Å². The third kappa shape index (κ3) is 4.40. The van der Waals surface area contributed by atoms with Gasteiger partial charge in [0.1, 0.15) is 12.2 Å². The predicted molar refractivity (Wildman–Crippen MR) is 111 cm³/mol. The molecular weight excluding hydrogens is 429 g/mol. The fourth-order valence-corrected chi connectivity index (χ4v) is 3.67. The summed E-state index contributed by atoms with van der Waals surface area (Å²) in [6.07, 6.45) is 0.706. The van der Waals surface area contributed by atoms with Crippen LogP contribution in [0, 0.1) is 11.8 Å². The second-order valence-corrected chi connectivity index (χ2v) is 7.60. The molecule has 1 fully saturated rings. The number of benzene rings is 1. The van der Waals surface area contributed by atoms with Crippen molar-refractivity contribution in [2.24, 2.45) is 0 Å². The zero-order valence-corrected chi connectivity index (χ0v) is 17.5. The molecule has 1 aromatic carbocycles. The Labute approximate surface area is 182 Å². The van der Waals surface area contributed by atoms with Crippen LogP contribution in [-0.2, 0) is 11.3 Å². The number of rotatable bonds is 4. The minimum Gasteiger partial charge on any atom is -0.388 e. The fraction of sp³-hybridized carbons (Fsp3) is 0.300. The van der Waals surface area contributed by atoms with Crippen LogP contribution in [0.4, 0.5) is 5.82 Å². The predicted octanol–water partition coefficient (Wildman–Crippen LogP) is 2.97. The molecule has 3 aromatic rings. The first-order valence-corrected chi connectivity index (χ1v) is 9.83. The van der Waals surface area contributed by atoms with Gasteiger partial charge in [-0.05, 0) is 30.3 Å². The molecule has 0 spiro atoms. The van der Waals surface area contributed by atoms with Gasteiger partial charge in [0.15, 0.2) is 17.3 Å². The number of hydrogen-bond acceptors (Lipinski definition) is 8. The second kappa shape index (κ2) is 8.58. The van der Waals surface area contributed by atoms with Gasteiger partial charge in [-0.2, -0.15) is 4.98 Å². The summed E-state index contributed by atoms with van der Waals surface area (Å²) in [5.41, 5.74) is 0.520. The van der Waals surface area contributed by atoms with Gasteiger partial charge in [0.05, 0.1) is 6.54 Å². The summed E-state index contributed by atoms with van der Waals surface area (Å²) in [7, 11) is 1.65. The maximum atomic E-state index is 9.04. The molecule has 3 heterocycles. The molecule has 1 atom stereocenters. The normalized spacial score (nSPS) is 18.3. The molecule has 4 rings (SSSR count). The highest BCUT2D eigenvalue weighted by Gasteiger charge is 2.37. The van der Waals surface area contributed by atoms with Crippen molar-refractivity contribution in [1.29, 1.82) is 0 Å². The lowest BCUT2D eigenvalue weighted by atomic mass is 10.0. The number of aromatic nitrogens is 4. The van der Waals surface area contributed by atoms with E-state index in [1.807, 2.05) is 11.0 Å². The van der Waals surface area contributed by atoms with Crippen LogP contribution < -0.4 is 4.90 Å². The maximum Gasteiger partial charge on any atom is 0.278 e. The van der Waals surface area contributed by atoms with E-state index < -0.39 is 5.60 Å².